The van der Waals surface area contributed by atoms with Crippen LogP contribution in [0.4, 0.5) is 0 Å². The molecule has 1 aromatic heterocycles. The molecule has 1 aliphatic heterocycles. The van der Waals surface area contributed by atoms with Crippen LogP contribution in [0.2, 0.25) is 0 Å². The molecule has 0 fully saturated rings. The molecule has 0 spiro atoms. The minimum Gasteiger partial charge on any atom is -0.497 e. The van der Waals surface area contributed by atoms with Crippen LogP contribution in [0.1, 0.15) is 5.56 Å². The number of carbonyl (C=O) groups excluding carboxylic acids is 1. The molecule has 7 nitrogen and oxygen atoms in total. The molecule has 0 aliphatic carbocycles. The molecule has 2 heterocycles. The first kappa shape index (κ1) is 14.9. The van der Waals surface area contributed by atoms with Gasteiger partial charge in [-0.1, -0.05) is 18.2 Å². The molecule has 0 radical (unpaired) electrons. The number of para-hydroxylation sites is 1. The van der Waals surface area contributed by atoms with Crippen LogP contribution in [0.3, 0.4) is 0 Å². The van der Waals surface area contributed by atoms with E-state index in [1.807, 2.05) is 0 Å². The number of amides is 1. The quantitative estimate of drug-likeness (QED) is 0.716. The minimum absolute atomic E-state index is 0.0884. The lowest BCUT2D eigenvalue weighted by Gasteiger charge is -2.06. The van der Waals surface area contributed by atoms with Gasteiger partial charge in [0.2, 0.25) is 5.88 Å². The fourth-order valence-electron chi connectivity index (χ4n) is 2.87. The molecule has 2 aromatic carbocycles. The summed E-state index contributed by atoms with van der Waals surface area (Å²) in [6.07, 6.45) is 0. The lowest BCUT2D eigenvalue weighted by Crippen LogP contribution is -2.24. The highest BCUT2D eigenvalue weighted by atomic mass is 16.5. The van der Waals surface area contributed by atoms with E-state index in [0.717, 1.165) is 0 Å². The number of ether oxygens (including phenoxy) is 1. The van der Waals surface area contributed by atoms with Gasteiger partial charge in [-0.2, -0.15) is 0 Å². The van der Waals surface area contributed by atoms with E-state index in [4.69, 9.17) is 4.74 Å². The van der Waals surface area contributed by atoms with Crippen molar-refractivity contribution in [2.24, 2.45) is 4.99 Å². The second-order valence-corrected chi connectivity index (χ2v) is 5.48. The maximum absolute atomic E-state index is 12.4. The van der Waals surface area contributed by atoms with Crippen molar-refractivity contribution in [3.63, 3.8) is 0 Å². The van der Waals surface area contributed by atoms with Gasteiger partial charge in [0.25, 0.3) is 11.5 Å². The van der Waals surface area contributed by atoms with E-state index in [1.165, 1.54) is 4.68 Å². The number of hydrogen-bond donors (Lipinski definition) is 2. The topological polar surface area (TPSA) is 96.7 Å². The third kappa shape index (κ3) is 2.25. The van der Waals surface area contributed by atoms with E-state index in [0.29, 0.717) is 22.0 Å². The molecule has 4 rings (SSSR count). The Hall–Kier alpha value is -3.61. The zero-order chi connectivity index (χ0) is 17.6. The molecule has 7 heteroatoms. The van der Waals surface area contributed by atoms with Crippen molar-refractivity contribution in [3.05, 3.63) is 75.0 Å². The van der Waals surface area contributed by atoms with Crippen molar-refractivity contribution in [3.8, 4) is 17.3 Å². The summed E-state index contributed by atoms with van der Waals surface area (Å²) in [7, 11) is 1.55. The number of aromatic amines is 1. The Kier molecular flexibility index (Phi) is 3.28. The minimum atomic E-state index is -0.566. The number of fused-ring (bicyclic) bond motifs is 1. The largest absolute Gasteiger partial charge is 0.497 e. The SMILES string of the molecule is COc1ccc(-n2[nH]c(=O)c(C3=c4ccccc4=NC3=O)c2O)cc1. The predicted octanol–water partition coefficient (Wildman–Crippen LogP) is 0.239. The number of carbonyl (C=O) groups is 1. The summed E-state index contributed by atoms with van der Waals surface area (Å²) >= 11 is 0. The Morgan fingerprint density at radius 2 is 1.80 bits per heavy atom. The summed E-state index contributed by atoms with van der Waals surface area (Å²) in [6, 6.07) is 13.6. The number of nitrogens with zero attached hydrogens (tertiary/aromatic N) is 2. The number of aromatic nitrogens is 2. The van der Waals surface area contributed by atoms with Gasteiger partial charge in [0.1, 0.15) is 11.3 Å². The number of nitrogens with one attached hydrogen (secondary N) is 1. The zero-order valence-electron chi connectivity index (χ0n) is 13.2. The van der Waals surface area contributed by atoms with E-state index >= 15 is 0 Å². The third-order valence-electron chi connectivity index (χ3n) is 4.07. The lowest BCUT2D eigenvalue weighted by molar-refractivity contribution is -0.112. The summed E-state index contributed by atoms with van der Waals surface area (Å²) in [6.45, 7) is 0. The first-order valence-corrected chi connectivity index (χ1v) is 7.51. The Morgan fingerprint density at radius 1 is 1.08 bits per heavy atom. The summed E-state index contributed by atoms with van der Waals surface area (Å²) in [5.41, 5.74) is -0.0300. The second kappa shape index (κ2) is 5.48. The van der Waals surface area contributed by atoms with Gasteiger partial charge < -0.3 is 9.84 Å². The third-order valence-corrected chi connectivity index (χ3v) is 4.07. The average molecular weight is 335 g/mol. The van der Waals surface area contributed by atoms with Crippen LogP contribution in [-0.2, 0) is 4.79 Å². The van der Waals surface area contributed by atoms with Gasteiger partial charge in [-0.15, -0.1) is 0 Å². The van der Waals surface area contributed by atoms with Gasteiger partial charge in [0.05, 0.1) is 23.7 Å². The lowest BCUT2D eigenvalue weighted by atomic mass is 10.1. The van der Waals surface area contributed by atoms with Crippen molar-refractivity contribution in [2.75, 3.05) is 7.11 Å². The maximum Gasteiger partial charge on any atom is 0.279 e. The molecule has 0 unspecified atom stereocenters. The van der Waals surface area contributed by atoms with E-state index in [1.54, 1.807) is 55.6 Å². The molecule has 3 aromatic rings. The number of H-pyrrole nitrogens is 1. The average Bonchev–Trinajstić information content (AvgIpc) is 3.10. The van der Waals surface area contributed by atoms with Crippen LogP contribution in [0.15, 0.2) is 58.3 Å². The van der Waals surface area contributed by atoms with E-state index in [9.17, 15) is 14.7 Å². The van der Waals surface area contributed by atoms with Crippen molar-refractivity contribution < 1.29 is 14.6 Å². The first-order chi connectivity index (χ1) is 12.1. The maximum atomic E-state index is 12.4. The fourth-order valence-corrected chi connectivity index (χ4v) is 2.87. The Balaban J connectivity index is 1.94. The fraction of sp³-hybridized carbons (Fsp3) is 0.0556. The highest BCUT2D eigenvalue weighted by Gasteiger charge is 2.27. The molecular weight excluding hydrogens is 322 g/mol. The molecule has 0 atom stereocenters. The van der Waals surface area contributed by atoms with Crippen molar-refractivity contribution >= 4 is 11.5 Å². The summed E-state index contributed by atoms with van der Waals surface area (Å²) < 4.78 is 6.31. The number of aromatic hydroxyl groups is 1. The monoisotopic (exact) mass is 335 g/mol. The molecule has 1 aliphatic rings. The number of hydrogen-bond acceptors (Lipinski definition) is 4. The predicted molar refractivity (Wildman–Crippen MR) is 89.3 cm³/mol. The number of rotatable bonds is 3. The van der Waals surface area contributed by atoms with Gasteiger partial charge in [0.15, 0.2) is 0 Å². The van der Waals surface area contributed by atoms with Gasteiger partial charge in [-0.25, -0.2) is 9.67 Å². The van der Waals surface area contributed by atoms with E-state index < -0.39 is 11.5 Å². The molecular formula is C18H13N3O4. The van der Waals surface area contributed by atoms with Crippen LogP contribution in [0, 0.1) is 0 Å². The summed E-state index contributed by atoms with van der Waals surface area (Å²) in [5.74, 6) is -0.244. The summed E-state index contributed by atoms with van der Waals surface area (Å²) in [4.78, 5) is 28.6. The first-order valence-electron chi connectivity index (χ1n) is 7.51. The smallest absolute Gasteiger partial charge is 0.279 e. The molecule has 0 bridgehead atoms. The Morgan fingerprint density at radius 3 is 2.52 bits per heavy atom. The summed E-state index contributed by atoms with van der Waals surface area (Å²) in [5, 5.41) is 14.1. The normalized spacial score (nSPS) is 12.8. The van der Waals surface area contributed by atoms with Crippen molar-refractivity contribution in [1.29, 1.82) is 0 Å². The Labute approximate surface area is 141 Å². The molecule has 0 saturated carbocycles. The Bertz CT molecular complexity index is 1170. The molecule has 25 heavy (non-hydrogen) atoms. The van der Waals surface area contributed by atoms with Crippen molar-refractivity contribution in [1.82, 2.24) is 9.78 Å². The van der Waals surface area contributed by atoms with Crippen LogP contribution in [0.5, 0.6) is 11.6 Å². The van der Waals surface area contributed by atoms with E-state index in [2.05, 4.69) is 10.1 Å². The van der Waals surface area contributed by atoms with Crippen LogP contribution in [-0.4, -0.2) is 27.9 Å². The van der Waals surface area contributed by atoms with E-state index in [-0.39, 0.29) is 17.0 Å². The second-order valence-electron chi connectivity index (χ2n) is 5.48. The van der Waals surface area contributed by atoms with Crippen LogP contribution < -0.4 is 20.9 Å². The van der Waals surface area contributed by atoms with Crippen molar-refractivity contribution in [2.45, 2.75) is 0 Å². The van der Waals surface area contributed by atoms with Gasteiger partial charge in [-0.05, 0) is 30.3 Å². The number of methoxy groups -OCH3 is 1. The van der Waals surface area contributed by atoms with Crippen LogP contribution in [0.25, 0.3) is 11.3 Å². The zero-order valence-corrected chi connectivity index (χ0v) is 13.2. The molecule has 2 N–H and O–H groups in total. The highest BCUT2D eigenvalue weighted by Crippen LogP contribution is 2.25. The number of benzene rings is 2. The van der Waals surface area contributed by atoms with Gasteiger partial charge in [0, 0.05) is 5.22 Å². The van der Waals surface area contributed by atoms with Gasteiger partial charge in [-0.3, -0.25) is 14.7 Å². The molecule has 0 saturated heterocycles. The standard InChI is InChI=1S/C18H13N3O4/c1-25-11-8-6-10(7-9-11)21-18(24)15(17(23)20-21)14-12-4-2-3-5-13(12)19-16(14)22/h2-9,24H,1H3,(H,20,23). The highest BCUT2D eigenvalue weighted by molar-refractivity contribution is 6.21. The molecule has 124 valence electrons. The molecule has 1 amide bonds. The van der Waals surface area contributed by atoms with Crippen LogP contribution >= 0.6 is 0 Å². The van der Waals surface area contributed by atoms with Gasteiger partial charge >= 0.3 is 0 Å².